The number of nitrogens with zero attached hydrogens (tertiary/aromatic N) is 4. The summed E-state index contributed by atoms with van der Waals surface area (Å²) in [5.41, 5.74) is 13.2. The number of azide groups is 1. The summed E-state index contributed by atoms with van der Waals surface area (Å²) in [5, 5.41) is 16.2. The van der Waals surface area contributed by atoms with Crippen LogP contribution in [0.2, 0.25) is 0 Å². The van der Waals surface area contributed by atoms with E-state index in [0.29, 0.717) is 47.1 Å². The van der Waals surface area contributed by atoms with Crippen molar-refractivity contribution >= 4 is 17.5 Å². The van der Waals surface area contributed by atoms with E-state index in [1.165, 1.54) is 0 Å². The van der Waals surface area contributed by atoms with E-state index in [9.17, 15) is 10.3 Å². The second kappa shape index (κ2) is 15.1. The third-order valence-electron chi connectivity index (χ3n) is 8.84. The Bertz CT molecular complexity index is 2080. The van der Waals surface area contributed by atoms with Gasteiger partial charge in [-0.25, -0.2) is 4.99 Å². The molecule has 256 valence electrons. The highest BCUT2D eigenvalue weighted by molar-refractivity contribution is 6.01. The van der Waals surface area contributed by atoms with E-state index in [0.717, 1.165) is 22.3 Å². The molecule has 0 fully saturated rings. The summed E-state index contributed by atoms with van der Waals surface area (Å²) in [7, 11) is 0. The van der Waals surface area contributed by atoms with Crippen LogP contribution in [0.25, 0.3) is 21.6 Å². The predicted octanol–water partition coefficient (Wildman–Crippen LogP) is 7.60. The van der Waals surface area contributed by atoms with Gasteiger partial charge in [0, 0.05) is 42.2 Å². The van der Waals surface area contributed by atoms with Crippen LogP contribution in [0.4, 0.5) is 5.69 Å². The highest BCUT2D eigenvalue weighted by Gasteiger charge is 2.53. The zero-order valence-corrected chi connectivity index (χ0v) is 27.6. The molecule has 2 aliphatic heterocycles. The molecular weight excluding hydrogens is 646 g/mol. The Morgan fingerprint density at radius 2 is 1.63 bits per heavy atom. The highest BCUT2D eigenvalue weighted by atomic mass is 16.7. The van der Waals surface area contributed by atoms with Crippen molar-refractivity contribution in [2.45, 2.75) is 31.0 Å². The molecule has 7 rings (SSSR count). The second-order valence-corrected chi connectivity index (χ2v) is 12.1. The molecule has 0 radical (unpaired) electrons. The van der Waals surface area contributed by atoms with Crippen LogP contribution in [-0.4, -0.2) is 42.5 Å². The second-order valence-electron chi connectivity index (χ2n) is 12.1. The molecule has 0 aliphatic carbocycles. The van der Waals surface area contributed by atoms with Crippen molar-refractivity contribution in [1.29, 1.82) is 0 Å². The predicted molar refractivity (Wildman–Crippen MR) is 192 cm³/mol. The van der Waals surface area contributed by atoms with E-state index in [1.54, 1.807) is 24.3 Å². The molecule has 2 aliphatic rings. The molecule has 5 aromatic rings. The Hall–Kier alpha value is -6.29. The van der Waals surface area contributed by atoms with Crippen LogP contribution in [0.1, 0.15) is 34.8 Å². The average molecular weight is 682 g/mol. The van der Waals surface area contributed by atoms with E-state index in [-0.39, 0.29) is 38.2 Å². The minimum atomic E-state index is -1.52. The topological polar surface area (TPSA) is 147 Å². The summed E-state index contributed by atoms with van der Waals surface area (Å²) in [5.74, 6) is 1.82. The minimum Gasteiger partial charge on any atom is -0.494 e. The number of aliphatic imine (C=N–C) groups is 1. The van der Waals surface area contributed by atoms with E-state index in [1.807, 2.05) is 97.1 Å². The Morgan fingerprint density at radius 3 is 2.41 bits per heavy atom. The van der Waals surface area contributed by atoms with Crippen LogP contribution in [-0.2, 0) is 22.5 Å². The number of benzene rings is 5. The van der Waals surface area contributed by atoms with Crippen LogP contribution in [0.15, 0.2) is 131 Å². The molecule has 2 atom stereocenters. The lowest BCUT2D eigenvalue weighted by Gasteiger charge is -2.31. The molecule has 5 aromatic carbocycles. The molecule has 0 saturated carbocycles. The number of amides is 1. The molecular formula is C40H35N5O6. The first-order valence-corrected chi connectivity index (χ1v) is 16.6. The van der Waals surface area contributed by atoms with Gasteiger partial charge in [0.05, 0.1) is 6.61 Å². The summed E-state index contributed by atoms with van der Waals surface area (Å²) in [6, 6.07) is 37.9. The van der Waals surface area contributed by atoms with Crippen LogP contribution < -0.4 is 19.5 Å². The molecule has 0 aromatic heterocycles. The zero-order valence-electron chi connectivity index (χ0n) is 27.6. The van der Waals surface area contributed by atoms with Gasteiger partial charge in [0.15, 0.2) is 23.1 Å². The fraction of sp³-hybridized carbons (Fsp3) is 0.200. The van der Waals surface area contributed by atoms with Gasteiger partial charge in [0.1, 0.15) is 5.75 Å². The number of rotatable bonds is 13. The molecule has 2 N–H and O–H groups in total. The minimum absolute atomic E-state index is 0.0397. The number of carbonyl (C=O) groups excluding carboxylic acids is 1. The first-order chi connectivity index (χ1) is 25.1. The molecule has 1 amide bonds. The number of hydrogen-bond donors (Lipinski definition) is 2. The monoisotopic (exact) mass is 681 g/mol. The molecule has 51 heavy (non-hydrogen) atoms. The number of hydrogen-bond acceptors (Lipinski definition) is 8. The molecule has 11 nitrogen and oxygen atoms in total. The van der Waals surface area contributed by atoms with Crippen molar-refractivity contribution < 1.29 is 28.8 Å². The summed E-state index contributed by atoms with van der Waals surface area (Å²) < 4.78 is 23.5. The first kappa shape index (κ1) is 33.2. The van der Waals surface area contributed by atoms with Crippen molar-refractivity contribution in [3.8, 4) is 28.4 Å². The molecule has 0 spiro atoms. The molecule has 0 unspecified atom stereocenters. The van der Waals surface area contributed by atoms with Crippen LogP contribution in [0.3, 0.4) is 0 Å². The maximum Gasteiger partial charge on any atom is 0.252 e. The van der Waals surface area contributed by atoms with Crippen LogP contribution in [0.5, 0.6) is 17.2 Å². The summed E-state index contributed by atoms with van der Waals surface area (Å²) >= 11 is 0. The molecule has 11 heteroatoms. The lowest BCUT2D eigenvalue weighted by atomic mass is 9.81. The Morgan fingerprint density at radius 1 is 0.902 bits per heavy atom. The van der Waals surface area contributed by atoms with Gasteiger partial charge in [0.2, 0.25) is 12.7 Å². The van der Waals surface area contributed by atoms with E-state index < -0.39 is 11.6 Å². The van der Waals surface area contributed by atoms with Crippen molar-refractivity contribution in [1.82, 2.24) is 5.32 Å². The first-order valence-electron chi connectivity index (χ1n) is 16.6. The number of nitrogens with one attached hydrogen (secondary N) is 1. The van der Waals surface area contributed by atoms with Gasteiger partial charge in [-0.15, -0.1) is 0 Å². The number of fused-ring (bicyclic) bond motifs is 1. The molecule has 0 saturated heterocycles. The third kappa shape index (κ3) is 7.21. The van der Waals surface area contributed by atoms with Gasteiger partial charge in [-0.1, -0.05) is 90.0 Å². The fourth-order valence-electron chi connectivity index (χ4n) is 6.25. The van der Waals surface area contributed by atoms with Crippen molar-refractivity contribution in [3.63, 3.8) is 0 Å². The zero-order chi connectivity index (χ0) is 35.0. The maximum atomic E-state index is 14.8. The highest BCUT2D eigenvalue weighted by Crippen LogP contribution is 2.44. The van der Waals surface area contributed by atoms with Crippen molar-refractivity contribution in [2.75, 3.05) is 20.0 Å². The SMILES string of the molecule is [N-]=[N+]=Nc1ccccc1C[C@@]1(C(=O)NCc2ccc3c(c2)OCO3)N=C(c2ccc(OCCCO)cc2)O[C@@H]1c1ccc(-c2ccccc2)cc1. The van der Waals surface area contributed by atoms with Gasteiger partial charge in [-0.05, 0) is 69.7 Å². The van der Waals surface area contributed by atoms with E-state index in [2.05, 4.69) is 15.3 Å². The van der Waals surface area contributed by atoms with Crippen molar-refractivity contribution in [3.05, 3.63) is 154 Å². The maximum absolute atomic E-state index is 14.8. The largest absolute Gasteiger partial charge is 0.494 e. The smallest absolute Gasteiger partial charge is 0.252 e. The van der Waals surface area contributed by atoms with Crippen molar-refractivity contribution in [2.24, 2.45) is 10.1 Å². The fourth-order valence-corrected chi connectivity index (χ4v) is 6.25. The Labute approximate surface area is 294 Å². The number of aliphatic hydroxyl groups is 1. The number of aliphatic hydroxyl groups excluding tert-OH is 1. The van der Waals surface area contributed by atoms with Gasteiger partial charge in [-0.2, -0.15) is 0 Å². The van der Waals surface area contributed by atoms with E-state index >= 15 is 0 Å². The summed E-state index contributed by atoms with van der Waals surface area (Å²) in [4.78, 5) is 23.0. The van der Waals surface area contributed by atoms with Gasteiger partial charge >= 0.3 is 0 Å². The van der Waals surface area contributed by atoms with Gasteiger partial charge < -0.3 is 29.4 Å². The van der Waals surface area contributed by atoms with Crippen LogP contribution in [0, 0.1) is 0 Å². The normalized spacial score (nSPS) is 17.2. The Balaban J connectivity index is 1.30. The lowest BCUT2D eigenvalue weighted by Crippen LogP contribution is -2.49. The molecule has 0 bridgehead atoms. The van der Waals surface area contributed by atoms with Gasteiger partial charge in [0.25, 0.3) is 5.91 Å². The lowest BCUT2D eigenvalue weighted by molar-refractivity contribution is -0.129. The summed E-state index contributed by atoms with van der Waals surface area (Å²) in [6.07, 6.45) is -0.260. The number of ether oxygens (including phenoxy) is 4. The summed E-state index contributed by atoms with van der Waals surface area (Å²) in [6.45, 7) is 0.761. The quantitative estimate of drug-likeness (QED) is 0.0566. The van der Waals surface area contributed by atoms with Gasteiger partial charge in [-0.3, -0.25) is 4.79 Å². The van der Waals surface area contributed by atoms with E-state index in [4.69, 9.17) is 29.0 Å². The standard InChI is InChI=1S/C40H35N5O6/c41-45-44-34-10-5-4-9-32(34)24-40(39(47)42-25-27-11-20-35-36(23-27)50-26-49-35)37(30-14-12-29(13-15-30)28-7-2-1-3-8-28)51-38(43-40)31-16-18-33(19-17-31)48-22-6-21-46/h1-5,7-20,23,37,46H,6,21-22,24-26H2,(H,42,47)/t37-,40-/m1/s1. The van der Waals surface area contributed by atoms with Crippen LogP contribution >= 0.6 is 0 Å². The Kier molecular flexibility index (Phi) is 9.82. The molecule has 2 heterocycles. The average Bonchev–Trinajstić information content (AvgIpc) is 3.81. The third-order valence-corrected chi connectivity index (χ3v) is 8.84. The number of carbonyl (C=O) groups is 1.